The van der Waals surface area contributed by atoms with Crippen LogP contribution in [0.2, 0.25) is 0 Å². The molecule has 124 valence electrons. The molecule has 0 fully saturated rings. The number of anilines is 1. The summed E-state index contributed by atoms with van der Waals surface area (Å²) in [7, 11) is 3.05. The Morgan fingerprint density at radius 2 is 2.00 bits per heavy atom. The summed E-state index contributed by atoms with van der Waals surface area (Å²) in [5, 5.41) is 6.69. The average molecular weight is 328 g/mol. The highest BCUT2D eigenvalue weighted by Crippen LogP contribution is 2.29. The van der Waals surface area contributed by atoms with Crippen LogP contribution in [-0.4, -0.2) is 34.3 Å². The summed E-state index contributed by atoms with van der Waals surface area (Å²) in [6.45, 7) is -0.186. The van der Waals surface area contributed by atoms with Crippen LogP contribution in [0.25, 0.3) is 5.52 Å². The standard InChI is InChI=1S/C16H16N4O4/c1-23-13-6-5-11(8-14(13)24-2)18-15(21)9-20-16(22)12-4-3-7-19(12)10-17-20/h3-8,10H,9H2,1-2H3,(H,18,21). The third kappa shape index (κ3) is 2.94. The van der Waals surface area contributed by atoms with Crippen molar-refractivity contribution >= 4 is 17.1 Å². The van der Waals surface area contributed by atoms with Crippen LogP contribution >= 0.6 is 0 Å². The van der Waals surface area contributed by atoms with Crippen LogP contribution in [0.5, 0.6) is 11.5 Å². The zero-order chi connectivity index (χ0) is 17.1. The van der Waals surface area contributed by atoms with Crippen LogP contribution in [0, 0.1) is 0 Å². The first-order valence-corrected chi connectivity index (χ1v) is 7.17. The maximum atomic E-state index is 12.2. The first-order chi connectivity index (χ1) is 11.6. The maximum absolute atomic E-state index is 12.2. The molecule has 0 radical (unpaired) electrons. The quantitative estimate of drug-likeness (QED) is 0.759. The minimum absolute atomic E-state index is 0.186. The molecule has 8 nitrogen and oxygen atoms in total. The van der Waals surface area contributed by atoms with Crippen LogP contribution in [0.1, 0.15) is 0 Å². The van der Waals surface area contributed by atoms with Crippen LogP contribution in [0.15, 0.2) is 47.7 Å². The fraction of sp³-hybridized carbons (Fsp3) is 0.188. The number of aromatic nitrogens is 3. The van der Waals surface area contributed by atoms with E-state index in [0.717, 1.165) is 4.68 Å². The highest BCUT2D eigenvalue weighted by Gasteiger charge is 2.10. The maximum Gasteiger partial charge on any atom is 0.291 e. The van der Waals surface area contributed by atoms with Crippen molar-refractivity contribution in [3.8, 4) is 11.5 Å². The van der Waals surface area contributed by atoms with E-state index in [9.17, 15) is 9.59 Å². The third-order valence-corrected chi connectivity index (χ3v) is 3.51. The molecule has 0 aliphatic rings. The molecule has 1 N–H and O–H groups in total. The molecule has 0 saturated heterocycles. The van der Waals surface area contributed by atoms with Crippen LogP contribution < -0.4 is 20.3 Å². The van der Waals surface area contributed by atoms with Crippen molar-refractivity contribution in [1.82, 2.24) is 14.2 Å². The fourth-order valence-electron chi connectivity index (χ4n) is 2.34. The van der Waals surface area contributed by atoms with E-state index in [2.05, 4.69) is 10.4 Å². The summed E-state index contributed by atoms with van der Waals surface area (Å²) in [5.41, 5.74) is 0.670. The van der Waals surface area contributed by atoms with Crippen LogP contribution in [0.4, 0.5) is 5.69 Å². The minimum atomic E-state index is -0.368. The van der Waals surface area contributed by atoms with E-state index < -0.39 is 0 Å². The molecule has 0 saturated carbocycles. The molecule has 1 aromatic carbocycles. The molecule has 1 amide bonds. The number of fused-ring (bicyclic) bond motifs is 1. The van der Waals surface area contributed by atoms with Crippen molar-refractivity contribution < 1.29 is 14.3 Å². The van der Waals surface area contributed by atoms with E-state index in [1.54, 1.807) is 40.9 Å². The number of benzene rings is 1. The number of hydrogen-bond acceptors (Lipinski definition) is 5. The van der Waals surface area contributed by atoms with E-state index in [4.69, 9.17) is 9.47 Å². The van der Waals surface area contributed by atoms with Gasteiger partial charge in [0.15, 0.2) is 11.5 Å². The zero-order valence-electron chi connectivity index (χ0n) is 13.2. The number of amides is 1. The lowest BCUT2D eigenvalue weighted by molar-refractivity contribution is -0.117. The van der Waals surface area contributed by atoms with E-state index in [0.29, 0.717) is 22.7 Å². The number of nitrogens with one attached hydrogen (secondary N) is 1. The van der Waals surface area contributed by atoms with E-state index in [1.165, 1.54) is 20.5 Å². The van der Waals surface area contributed by atoms with Gasteiger partial charge in [0.2, 0.25) is 5.91 Å². The molecule has 8 heteroatoms. The fourth-order valence-corrected chi connectivity index (χ4v) is 2.34. The van der Waals surface area contributed by atoms with Gasteiger partial charge in [0, 0.05) is 18.0 Å². The van der Waals surface area contributed by atoms with Gasteiger partial charge in [-0.05, 0) is 24.3 Å². The predicted octanol–water partition coefficient (Wildman–Crippen LogP) is 1.15. The van der Waals surface area contributed by atoms with Gasteiger partial charge in [0.1, 0.15) is 18.4 Å². The summed E-state index contributed by atoms with van der Waals surface area (Å²) in [6.07, 6.45) is 3.21. The number of hydrogen-bond donors (Lipinski definition) is 1. The molecular weight excluding hydrogens is 312 g/mol. The molecule has 2 aromatic heterocycles. The van der Waals surface area contributed by atoms with Gasteiger partial charge in [-0.15, -0.1) is 0 Å². The lowest BCUT2D eigenvalue weighted by Gasteiger charge is -2.11. The van der Waals surface area contributed by atoms with Crippen molar-refractivity contribution in [3.63, 3.8) is 0 Å². The van der Waals surface area contributed by atoms with Gasteiger partial charge in [-0.3, -0.25) is 9.59 Å². The number of rotatable bonds is 5. The Labute approximate surface area is 137 Å². The molecule has 3 rings (SSSR count). The average Bonchev–Trinajstić information content (AvgIpc) is 3.06. The van der Waals surface area contributed by atoms with Crippen LogP contribution in [0.3, 0.4) is 0 Å². The Balaban J connectivity index is 1.77. The number of nitrogens with zero attached hydrogens (tertiary/aromatic N) is 3. The van der Waals surface area contributed by atoms with Crippen molar-refractivity contribution in [3.05, 3.63) is 53.2 Å². The Morgan fingerprint density at radius 1 is 1.21 bits per heavy atom. The molecule has 24 heavy (non-hydrogen) atoms. The van der Waals surface area contributed by atoms with Crippen molar-refractivity contribution in [2.24, 2.45) is 0 Å². The third-order valence-electron chi connectivity index (χ3n) is 3.51. The molecule has 0 atom stereocenters. The number of carbonyl (C=O) groups excluding carboxylic acids is 1. The Kier molecular flexibility index (Phi) is 4.19. The molecule has 0 bridgehead atoms. The highest BCUT2D eigenvalue weighted by molar-refractivity contribution is 5.90. The molecule has 0 unspecified atom stereocenters. The lowest BCUT2D eigenvalue weighted by atomic mass is 10.2. The number of methoxy groups -OCH3 is 2. The molecule has 0 aliphatic heterocycles. The van der Waals surface area contributed by atoms with Crippen molar-refractivity contribution in [2.45, 2.75) is 6.54 Å². The highest BCUT2D eigenvalue weighted by atomic mass is 16.5. The smallest absolute Gasteiger partial charge is 0.291 e. The summed E-state index contributed by atoms with van der Waals surface area (Å²) in [6, 6.07) is 8.43. The summed E-state index contributed by atoms with van der Waals surface area (Å²) < 4.78 is 13.1. The Hall–Kier alpha value is -3.29. The molecule has 0 spiro atoms. The molecule has 2 heterocycles. The van der Waals surface area contributed by atoms with Gasteiger partial charge >= 0.3 is 0 Å². The Morgan fingerprint density at radius 3 is 2.75 bits per heavy atom. The zero-order valence-corrected chi connectivity index (χ0v) is 13.2. The molecule has 3 aromatic rings. The summed E-state index contributed by atoms with van der Waals surface area (Å²) in [5.74, 6) is 0.694. The first kappa shape index (κ1) is 15.6. The second-order valence-corrected chi connectivity index (χ2v) is 5.01. The molecular formula is C16H16N4O4. The van der Waals surface area contributed by atoms with E-state index in [1.807, 2.05) is 0 Å². The summed E-state index contributed by atoms with van der Waals surface area (Å²) in [4.78, 5) is 24.4. The first-order valence-electron chi connectivity index (χ1n) is 7.17. The van der Waals surface area contributed by atoms with E-state index in [-0.39, 0.29) is 18.0 Å². The van der Waals surface area contributed by atoms with Gasteiger partial charge in [-0.1, -0.05) is 0 Å². The number of carbonyl (C=O) groups is 1. The number of ether oxygens (including phenoxy) is 2. The SMILES string of the molecule is COc1ccc(NC(=O)Cn2ncn3cccc3c2=O)cc1OC. The summed E-state index contributed by atoms with van der Waals surface area (Å²) >= 11 is 0. The largest absolute Gasteiger partial charge is 0.493 e. The van der Waals surface area contributed by atoms with Gasteiger partial charge < -0.3 is 19.2 Å². The van der Waals surface area contributed by atoms with Crippen molar-refractivity contribution in [1.29, 1.82) is 0 Å². The van der Waals surface area contributed by atoms with Gasteiger partial charge in [0.05, 0.1) is 14.2 Å². The monoisotopic (exact) mass is 328 g/mol. The second-order valence-electron chi connectivity index (χ2n) is 5.01. The Bertz CT molecular complexity index is 945. The van der Waals surface area contributed by atoms with E-state index >= 15 is 0 Å². The van der Waals surface area contributed by atoms with Gasteiger partial charge in [-0.2, -0.15) is 5.10 Å². The van der Waals surface area contributed by atoms with Crippen molar-refractivity contribution in [2.75, 3.05) is 19.5 Å². The second kappa shape index (κ2) is 6.45. The van der Waals surface area contributed by atoms with Gasteiger partial charge in [-0.25, -0.2) is 4.68 Å². The lowest BCUT2D eigenvalue weighted by Crippen LogP contribution is -2.30. The predicted molar refractivity (Wildman–Crippen MR) is 87.6 cm³/mol. The topological polar surface area (TPSA) is 86.9 Å². The minimum Gasteiger partial charge on any atom is -0.493 e. The molecule has 0 aliphatic carbocycles. The van der Waals surface area contributed by atoms with Crippen LogP contribution in [-0.2, 0) is 11.3 Å². The van der Waals surface area contributed by atoms with Gasteiger partial charge in [0.25, 0.3) is 5.56 Å². The normalized spacial score (nSPS) is 10.6.